The maximum Gasteiger partial charge on any atom is 0.311 e. The molecule has 1 saturated heterocycles. The zero-order chi connectivity index (χ0) is 13.8. The minimum absolute atomic E-state index is 0.0255. The average molecular weight is 265 g/mol. The number of nitrogens with zero attached hydrogens (tertiary/aromatic N) is 2. The number of hydrogen-bond acceptors (Lipinski definition) is 5. The standard InChI is InChI=1S/C13H19N3O3/c1-3-12-10(6-7-19-12)8-14-13-11(16(17)18)5-4-9(2)15-13/h4-5,10,12H,3,6-8H2,1-2H3,(H,14,15). The van der Waals surface area contributed by atoms with Gasteiger partial charge in [0.15, 0.2) is 0 Å². The van der Waals surface area contributed by atoms with Crippen LogP contribution in [0.25, 0.3) is 0 Å². The van der Waals surface area contributed by atoms with Crippen molar-refractivity contribution < 1.29 is 9.66 Å². The van der Waals surface area contributed by atoms with Crippen LogP contribution in [0.2, 0.25) is 0 Å². The van der Waals surface area contributed by atoms with Gasteiger partial charge in [-0.2, -0.15) is 0 Å². The van der Waals surface area contributed by atoms with E-state index in [2.05, 4.69) is 17.2 Å². The highest BCUT2D eigenvalue weighted by atomic mass is 16.6. The van der Waals surface area contributed by atoms with Crippen LogP contribution in [-0.2, 0) is 4.74 Å². The summed E-state index contributed by atoms with van der Waals surface area (Å²) in [6, 6.07) is 3.14. The Hall–Kier alpha value is -1.69. The first-order chi connectivity index (χ1) is 9.11. The molecule has 19 heavy (non-hydrogen) atoms. The van der Waals surface area contributed by atoms with E-state index in [1.165, 1.54) is 6.07 Å². The van der Waals surface area contributed by atoms with Gasteiger partial charge in [-0.3, -0.25) is 10.1 Å². The zero-order valence-corrected chi connectivity index (χ0v) is 11.3. The van der Waals surface area contributed by atoms with E-state index >= 15 is 0 Å². The van der Waals surface area contributed by atoms with E-state index in [1.807, 2.05) is 6.92 Å². The summed E-state index contributed by atoms with van der Waals surface area (Å²) in [5.41, 5.74) is 0.792. The molecule has 0 bridgehead atoms. The molecule has 0 aromatic carbocycles. The van der Waals surface area contributed by atoms with Gasteiger partial charge in [-0.25, -0.2) is 4.98 Å². The fraction of sp³-hybridized carbons (Fsp3) is 0.615. The Balaban J connectivity index is 2.06. The smallest absolute Gasteiger partial charge is 0.311 e. The third-order valence-electron chi connectivity index (χ3n) is 3.49. The maximum atomic E-state index is 11.0. The summed E-state index contributed by atoms with van der Waals surface area (Å²) in [6.45, 7) is 5.35. The number of aromatic nitrogens is 1. The highest BCUT2D eigenvalue weighted by molar-refractivity contribution is 5.56. The Morgan fingerprint density at radius 3 is 3.05 bits per heavy atom. The largest absolute Gasteiger partial charge is 0.378 e. The van der Waals surface area contributed by atoms with Crippen molar-refractivity contribution in [3.05, 3.63) is 27.9 Å². The first-order valence-electron chi connectivity index (χ1n) is 6.59. The van der Waals surface area contributed by atoms with Crippen LogP contribution >= 0.6 is 0 Å². The summed E-state index contributed by atoms with van der Waals surface area (Å²) in [7, 11) is 0. The van der Waals surface area contributed by atoms with E-state index in [0.717, 1.165) is 25.1 Å². The Kier molecular flexibility index (Phi) is 4.31. The van der Waals surface area contributed by atoms with Gasteiger partial charge in [0.1, 0.15) is 0 Å². The van der Waals surface area contributed by atoms with Crippen LogP contribution in [0.15, 0.2) is 12.1 Å². The van der Waals surface area contributed by atoms with E-state index < -0.39 is 4.92 Å². The number of hydrogen-bond donors (Lipinski definition) is 1. The van der Waals surface area contributed by atoms with Gasteiger partial charge in [0.25, 0.3) is 0 Å². The predicted molar refractivity (Wildman–Crippen MR) is 72.3 cm³/mol. The molecule has 6 nitrogen and oxygen atoms in total. The van der Waals surface area contributed by atoms with E-state index in [0.29, 0.717) is 18.3 Å². The summed E-state index contributed by atoms with van der Waals surface area (Å²) >= 11 is 0. The molecule has 1 aliphatic rings. The molecule has 0 aliphatic carbocycles. The summed E-state index contributed by atoms with van der Waals surface area (Å²) in [5.74, 6) is 0.749. The Bertz CT molecular complexity index is 464. The topological polar surface area (TPSA) is 77.3 Å². The lowest BCUT2D eigenvalue weighted by Crippen LogP contribution is -2.23. The highest BCUT2D eigenvalue weighted by Gasteiger charge is 2.27. The summed E-state index contributed by atoms with van der Waals surface area (Å²) in [5, 5.41) is 14.1. The van der Waals surface area contributed by atoms with Gasteiger partial charge in [-0.05, 0) is 25.8 Å². The fourth-order valence-corrected chi connectivity index (χ4v) is 2.43. The molecule has 2 heterocycles. The van der Waals surface area contributed by atoms with Crippen LogP contribution in [0.5, 0.6) is 0 Å². The average Bonchev–Trinajstić information content (AvgIpc) is 2.83. The van der Waals surface area contributed by atoms with Gasteiger partial charge >= 0.3 is 5.69 Å². The molecule has 1 aliphatic heterocycles. The van der Waals surface area contributed by atoms with Gasteiger partial charge in [-0.15, -0.1) is 0 Å². The number of pyridine rings is 1. The van der Waals surface area contributed by atoms with Gasteiger partial charge in [-0.1, -0.05) is 6.92 Å². The van der Waals surface area contributed by atoms with E-state index in [4.69, 9.17) is 4.74 Å². The number of ether oxygens (including phenoxy) is 1. The molecule has 6 heteroatoms. The van der Waals surface area contributed by atoms with Crippen molar-refractivity contribution in [3.8, 4) is 0 Å². The number of aryl methyl sites for hydroxylation is 1. The van der Waals surface area contributed by atoms with Crippen LogP contribution in [0.4, 0.5) is 11.5 Å². The minimum Gasteiger partial charge on any atom is -0.378 e. The molecule has 0 spiro atoms. The number of anilines is 1. The zero-order valence-electron chi connectivity index (χ0n) is 11.3. The fourth-order valence-electron chi connectivity index (χ4n) is 2.43. The highest BCUT2D eigenvalue weighted by Crippen LogP contribution is 2.26. The van der Waals surface area contributed by atoms with Crippen molar-refractivity contribution >= 4 is 11.5 Å². The second kappa shape index (κ2) is 5.97. The third kappa shape index (κ3) is 3.20. The molecule has 2 rings (SSSR count). The normalized spacial score (nSPS) is 22.4. The summed E-state index contributed by atoms with van der Waals surface area (Å²) in [6.07, 6.45) is 2.21. The van der Waals surface area contributed by atoms with Crippen LogP contribution in [0, 0.1) is 23.0 Å². The van der Waals surface area contributed by atoms with Crippen LogP contribution < -0.4 is 5.32 Å². The molecule has 1 fully saturated rings. The lowest BCUT2D eigenvalue weighted by Gasteiger charge is -2.17. The van der Waals surface area contributed by atoms with E-state index in [9.17, 15) is 10.1 Å². The van der Waals surface area contributed by atoms with Gasteiger partial charge in [0, 0.05) is 30.8 Å². The van der Waals surface area contributed by atoms with Gasteiger partial charge < -0.3 is 10.1 Å². The Morgan fingerprint density at radius 1 is 1.58 bits per heavy atom. The van der Waals surface area contributed by atoms with Crippen molar-refractivity contribution in [3.63, 3.8) is 0 Å². The third-order valence-corrected chi connectivity index (χ3v) is 3.49. The predicted octanol–water partition coefficient (Wildman–Crippen LogP) is 2.53. The second-order valence-corrected chi connectivity index (χ2v) is 4.82. The second-order valence-electron chi connectivity index (χ2n) is 4.82. The maximum absolute atomic E-state index is 11.0. The van der Waals surface area contributed by atoms with Crippen molar-refractivity contribution in [1.29, 1.82) is 0 Å². The molecule has 1 N–H and O–H groups in total. The molecule has 2 atom stereocenters. The molecule has 0 radical (unpaired) electrons. The molecule has 0 saturated carbocycles. The van der Waals surface area contributed by atoms with E-state index in [-0.39, 0.29) is 11.8 Å². The van der Waals surface area contributed by atoms with Gasteiger partial charge in [0.2, 0.25) is 5.82 Å². The van der Waals surface area contributed by atoms with Crippen LogP contribution in [0.1, 0.15) is 25.5 Å². The van der Waals surface area contributed by atoms with Gasteiger partial charge in [0.05, 0.1) is 11.0 Å². The van der Waals surface area contributed by atoms with Crippen molar-refractivity contribution in [2.75, 3.05) is 18.5 Å². The van der Waals surface area contributed by atoms with Crippen molar-refractivity contribution in [1.82, 2.24) is 4.98 Å². The SMILES string of the molecule is CCC1OCCC1CNc1nc(C)ccc1[N+](=O)[O-]. The number of nitrogens with one attached hydrogen (secondary N) is 1. The molecule has 1 aromatic rings. The molecule has 0 amide bonds. The molecule has 104 valence electrons. The number of rotatable bonds is 5. The van der Waals surface area contributed by atoms with Crippen LogP contribution in [0.3, 0.4) is 0 Å². The summed E-state index contributed by atoms with van der Waals surface area (Å²) in [4.78, 5) is 14.8. The molecule has 2 unspecified atom stereocenters. The lowest BCUT2D eigenvalue weighted by molar-refractivity contribution is -0.384. The molecular weight excluding hydrogens is 246 g/mol. The molecule has 1 aromatic heterocycles. The lowest BCUT2D eigenvalue weighted by atomic mass is 10.00. The quantitative estimate of drug-likeness (QED) is 0.654. The van der Waals surface area contributed by atoms with Crippen molar-refractivity contribution in [2.24, 2.45) is 5.92 Å². The van der Waals surface area contributed by atoms with Crippen molar-refractivity contribution in [2.45, 2.75) is 32.8 Å². The monoisotopic (exact) mass is 265 g/mol. The minimum atomic E-state index is -0.406. The van der Waals surface area contributed by atoms with E-state index in [1.54, 1.807) is 6.07 Å². The molecular formula is C13H19N3O3. The first-order valence-corrected chi connectivity index (χ1v) is 6.59. The first kappa shape index (κ1) is 13.7. The Labute approximate surface area is 112 Å². The summed E-state index contributed by atoms with van der Waals surface area (Å²) < 4.78 is 5.61. The number of nitro groups is 1. The Morgan fingerprint density at radius 2 is 2.37 bits per heavy atom. The van der Waals surface area contributed by atoms with Crippen LogP contribution in [-0.4, -0.2) is 29.2 Å².